The van der Waals surface area contributed by atoms with Crippen LogP contribution in [0.5, 0.6) is 0 Å². The molecule has 0 bridgehead atoms. The first-order valence-corrected chi connectivity index (χ1v) is 6.86. The van der Waals surface area contributed by atoms with Crippen molar-refractivity contribution < 1.29 is 0 Å². The molecule has 2 rings (SSSR count). The van der Waals surface area contributed by atoms with Crippen molar-refractivity contribution in [2.75, 3.05) is 0 Å². The fourth-order valence-corrected chi connectivity index (χ4v) is 3.18. The minimum absolute atomic E-state index is 0.217. The highest BCUT2D eigenvalue weighted by Crippen LogP contribution is 2.32. The molecule has 0 amide bonds. The Bertz CT molecular complexity index is 526. The molecule has 0 atom stereocenters. The Labute approximate surface area is 115 Å². The minimum atomic E-state index is 0.217. The summed E-state index contributed by atoms with van der Waals surface area (Å²) in [5.74, 6) is 0.816. The molecule has 0 aliphatic rings. The van der Waals surface area contributed by atoms with E-state index in [1.165, 1.54) is 4.88 Å². The van der Waals surface area contributed by atoms with Gasteiger partial charge in [0.1, 0.15) is 10.3 Å². The van der Waals surface area contributed by atoms with Crippen LogP contribution in [0.15, 0.2) is 12.1 Å². The Morgan fingerprint density at radius 1 is 1.12 bits per heavy atom. The van der Waals surface area contributed by atoms with Crippen molar-refractivity contribution in [3.63, 3.8) is 0 Å². The van der Waals surface area contributed by atoms with Gasteiger partial charge in [0.05, 0.1) is 4.88 Å². The number of thiophene rings is 1. The summed E-state index contributed by atoms with van der Waals surface area (Å²) in [6.07, 6.45) is 0. The van der Waals surface area contributed by atoms with E-state index in [-0.39, 0.29) is 5.92 Å². The molecule has 0 fully saturated rings. The van der Waals surface area contributed by atoms with Gasteiger partial charge in [-0.2, -0.15) is 0 Å². The van der Waals surface area contributed by atoms with Crippen LogP contribution in [0, 0.1) is 6.92 Å². The van der Waals surface area contributed by atoms with Gasteiger partial charge in [0.15, 0.2) is 5.82 Å². The molecule has 17 heavy (non-hydrogen) atoms. The van der Waals surface area contributed by atoms with Crippen LogP contribution in [0.3, 0.4) is 0 Å². The molecule has 2 heterocycles. The van der Waals surface area contributed by atoms with Crippen LogP contribution in [0.4, 0.5) is 0 Å². The normalized spacial score (nSPS) is 11.2. The lowest BCUT2D eigenvalue weighted by molar-refractivity contribution is 0.848. The lowest BCUT2D eigenvalue weighted by Crippen LogP contribution is -1.98. The second kappa shape index (κ2) is 4.92. The van der Waals surface area contributed by atoms with Gasteiger partial charge in [-0.25, -0.2) is 9.97 Å². The topological polar surface area (TPSA) is 25.8 Å². The first-order chi connectivity index (χ1) is 7.99. The lowest BCUT2D eigenvalue weighted by Gasteiger charge is -2.10. The fraction of sp³-hybridized carbons (Fsp3) is 0.333. The Morgan fingerprint density at radius 2 is 1.71 bits per heavy atom. The summed E-state index contributed by atoms with van der Waals surface area (Å²) in [4.78, 5) is 10.8. The predicted molar refractivity (Wildman–Crippen MR) is 74.2 cm³/mol. The van der Waals surface area contributed by atoms with E-state index in [9.17, 15) is 0 Å². The molecule has 0 spiro atoms. The number of aromatic nitrogens is 2. The van der Waals surface area contributed by atoms with Gasteiger partial charge < -0.3 is 0 Å². The zero-order valence-electron chi connectivity index (χ0n) is 9.79. The first kappa shape index (κ1) is 12.8. The molecule has 0 aliphatic carbocycles. The number of hydrogen-bond donors (Lipinski definition) is 0. The standard InChI is InChI=1S/C12H12Cl2N2S/c1-6(2)9-10(13)15-12(16-11(9)14)8-5-4-7(3)17-8/h4-6H,1-3H3. The average Bonchev–Trinajstić information content (AvgIpc) is 2.63. The van der Waals surface area contributed by atoms with Crippen molar-refractivity contribution in [1.82, 2.24) is 9.97 Å². The molecule has 0 N–H and O–H groups in total. The van der Waals surface area contributed by atoms with E-state index in [1.54, 1.807) is 11.3 Å². The highest BCUT2D eigenvalue weighted by molar-refractivity contribution is 7.15. The minimum Gasteiger partial charge on any atom is -0.215 e. The average molecular weight is 287 g/mol. The van der Waals surface area contributed by atoms with Crippen LogP contribution in [0.1, 0.15) is 30.2 Å². The molecule has 0 unspecified atom stereocenters. The largest absolute Gasteiger partial charge is 0.215 e. The van der Waals surface area contributed by atoms with E-state index in [1.807, 2.05) is 32.9 Å². The van der Waals surface area contributed by atoms with Gasteiger partial charge >= 0.3 is 0 Å². The molecular formula is C12H12Cl2N2S. The summed E-state index contributed by atoms with van der Waals surface area (Å²) in [5, 5.41) is 0.891. The summed E-state index contributed by atoms with van der Waals surface area (Å²) in [6.45, 7) is 6.08. The quantitative estimate of drug-likeness (QED) is 0.731. The lowest BCUT2D eigenvalue weighted by atomic mass is 10.1. The van der Waals surface area contributed by atoms with Crippen LogP contribution in [-0.4, -0.2) is 9.97 Å². The second-order valence-electron chi connectivity index (χ2n) is 4.11. The number of aryl methyl sites for hydroxylation is 1. The predicted octanol–water partition coefficient (Wildman–Crippen LogP) is 4.94. The Morgan fingerprint density at radius 3 is 2.12 bits per heavy atom. The van der Waals surface area contributed by atoms with Gasteiger partial charge in [-0.1, -0.05) is 37.0 Å². The van der Waals surface area contributed by atoms with Gasteiger partial charge in [0.2, 0.25) is 0 Å². The van der Waals surface area contributed by atoms with Gasteiger partial charge in [0.25, 0.3) is 0 Å². The van der Waals surface area contributed by atoms with Crippen LogP contribution in [0.2, 0.25) is 10.3 Å². The van der Waals surface area contributed by atoms with E-state index in [0.717, 1.165) is 10.4 Å². The molecule has 5 heteroatoms. The van der Waals surface area contributed by atoms with E-state index in [2.05, 4.69) is 9.97 Å². The fourth-order valence-electron chi connectivity index (χ4n) is 1.56. The highest BCUT2D eigenvalue weighted by Gasteiger charge is 2.16. The SMILES string of the molecule is Cc1ccc(-c2nc(Cl)c(C(C)C)c(Cl)n2)s1. The maximum absolute atomic E-state index is 6.16. The van der Waals surface area contributed by atoms with E-state index in [4.69, 9.17) is 23.2 Å². The highest BCUT2D eigenvalue weighted by atomic mass is 35.5. The molecule has 2 aromatic rings. The number of rotatable bonds is 2. The van der Waals surface area contributed by atoms with Crippen molar-refractivity contribution in [3.05, 3.63) is 32.9 Å². The summed E-state index contributed by atoms with van der Waals surface area (Å²) < 4.78 is 0. The van der Waals surface area contributed by atoms with Crippen molar-refractivity contribution in [1.29, 1.82) is 0 Å². The maximum atomic E-state index is 6.16. The molecule has 0 radical (unpaired) electrons. The Balaban J connectivity index is 2.52. The van der Waals surface area contributed by atoms with Crippen molar-refractivity contribution >= 4 is 34.5 Å². The van der Waals surface area contributed by atoms with E-state index >= 15 is 0 Å². The third kappa shape index (κ3) is 2.62. The molecule has 2 nitrogen and oxygen atoms in total. The molecule has 90 valence electrons. The summed E-state index contributed by atoms with van der Waals surface area (Å²) in [7, 11) is 0. The number of nitrogens with zero attached hydrogens (tertiary/aromatic N) is 2. The number of halogens is 2. The van der Waals surface area contributed by atoms with E-state index in [0.29, 0.717) is 16.1 Å². The molecule has 2 aromatic heterocycles. The van der Waals surface area contributed by atoms with Crippen molar-refractivity contribution in [2.24, 2.45) is 0 Å². The molecular weight excluding hydrogens is 275 g/mol. The van der Waals surface area contributed by atoms with Crippen LogP contribution < -0.4 is 0 Å². The zero-order valence-corrected chi connectivity index (χ0v) is 12.1. The van der Waals surface area contributed by atoms with Crippen molar-refractivity contribution in [2.45, 2.75) is 26.7 Å². The number of hydrogen-bond acceptors (Lipinski definition) is 3. The van der Waals surface area contributed by atoms with Gasteiger partial charge in [-0.05, 0) is 25.0 Å². The third-order valence-electron chi connectivity index (χ3n) is 2.39. The Hall–Kier alpha value is -0.640. The summed E-state index contributed by atoms with van der Waals surface area (Å²) in [6, 6.07) is 4.01. The maximum Gasteiger partial charge on any atom is 0.172 e. The summed E-state index contributed by atoms with van der Waals surface area (Å²) >= 11 is 13.9. The second-order valence-corrected chi connectivity index (χ2v) is 6.11. The van der Waals surface area contributed by atoms with Crippen molar-refractivity contribution in [3.8, 4) is 10.7 Å². The first-order valence-electron chi connectivity index (χ1n) is 5.28. The molecule has 0 aliphatic heterocycles. The van der Waals surface area contributed by atoms with Crippen LogP contribution in [-0.2, 0) is 0 Å². The molecule has 0 aromatic carbocycles. The van der Waals surface area contributed by atoms with Gasteiger partial charge in [0, 0.05) is 10.4 Å². The zero-order chi connectivity index (χ0) is 12.6. The van der Waals surface area contributed by atoms with Gasteiger partial charge in [-0.15, -0.1) is 11.3 Å². The molecule has 0 saturated carbocycles. The Kier molecular flexibility index (Phi) is 3.71. The van der Waals surface area contributed by atoms with Crippen LogP contribution in [0.25, 0.3) is 10.7 Å². The van der Waals surface area contributed by atoms with Gasteiger partial charge in [-0.3, -0.25) is 0 Å². The summed E-state index contributed by atoms with van der Waals surface area (Å²) in [5.41, 5.74) is 0.811. The monoisotopic (exact) mass is 286 g/mol. The third-order valence-corrected chi connectivity index (χ3v) is 3.96. The molecule has 0 saturated heterocycles. The smallest absolute Gasteiger partial charge is 0.172 e. The van der Waals surface area contributed by atoms with Crippen LogP contribution >= 0.6 is 34.5 Å². The van der Waals surface area contributed by atoms with E-state index < -0.39 is 0 Å².